The van der Waals surface area contributed by atoms with Crippen molar-refractivity contribution in [2.45, 2.75) is 6.92 Å². The van der Waals surface area contributed by atoms with Crippen LogP contribution < -0.4 is 10.6 Å². The van der Waals surface area contributed by atoms with Crippen LogP contribution in [0.25, 0.3) is 0 Å². The van der Waals surface area contributed by atoms with Crippen molar-refractivity contribution in [2.75, 3.05) is 10.6 Å². The Morgan fingerprint density at radius 1 is 0.952 bits per heavy atom. The van der Waals surface area contributed by atoms with E-state index in [9.17, 15) is 9.59 Å². The lowest BCUT2D eigenvalue weighted by molar-refractivity contribution is -0.114. The molecule has 4 nitrogen and oxygen atoms in total. The standard InChI is InChI=1S/C15H12Cl2N2O2/c1-9(20)18-13-5-3-2-4-11(13)15(21)19-14-8-10(16)6-7-12(14)17/h2-8H,1H3,(H,18,20)(H,19,21). The maximum absolute atomic E-state index is 12.3. The molecular formula is C15H12Cl2N2O2. The van der Waals surface area contributed by atoms with Crippen LogP contribution in [0, 0.1) is 0 Å². The Morgan fingerprint density at radius 3 is 2.38 bits per heavy atom. The van der Waals surface area contributed by atoms with E-state index in [1.165, 1.54) is 6.92 Å². The van der Waals surface area contributed by atoms with Gasteiger partial charge in [-0.3, -0.25) is 9.59 Å². The summed E-state index contributed by atoms with van der Waals surface area (Å²) in [5.74, 6) is -0.639. The molecule has 0 aliphatic carbocycles. The van der Waals surface area contributed by atoms with E-state index in [0.717, 1.165) is 0 Å². The highest BCUT2D eigenvalue weighted by Gasteiger charge is 2.13. The van der Waals surface area contributed by atoms with Gasteiger partial charge in [-0.05, 0) is 30.3 Å². The second kappa shape index (κ2) is 6.61. The van der Waals surface area contributed by atoms with E-state index in [1.807, 2.05) is 0 Å². The topological polar surface area (TPSA) is 58.2 Å². The Kier molecular flexibility index (Phi) is 4.83. The monoisotopic (exact) mass is 322 g/mol. The first kappa shape index (κ1) is 15.4. The highest BCUT2D eigenvalue weighted by molar-refractivity contribution is 6.36. The maximum Gasteiger partial charge on any atom is 0.257 e. The number of hydrogen-bond acceptors (Lipinski definition) is 2. The molecule has 0 heterocycles. The van der Waals surface area contributed by atoms with Crippen molar-refractivity contribution in [1.29, 1.82) is 0 Å². The van der Waals surface area contributed by atoms with Crippen LogP contribution in [0.4, 0.5) is 11.4 Å². The molecule has 2 N–H and O–H groups in total. The van der Waals surface area contributed by atoms with Crippen molar-refractivity contribution < 1.29 is 9.59 Å². The lowest BCUT2D eigenvalue weighted by Crippen LogP contribution is -2.16. The summed E-state index contributed by atoms with van der Waals surface area (Å²) in [4.78, 5) is 23.5. The van der Waals surface area contributed by atoms with Gasteiger partial charge >= 0.3 is 0 Å². The Morgan fingerprint density at radius 2 is 1.67 bits per heavy atom. The Balaban J connectivity index is 2.28. The molecule has 0 radical (unpaired) electrons. The second-order valence-corrected chi connectivity index (χ2v) is 5.15. The van der Waals surface area contributed by atoms with Crippen LogP contribution >= 0.6 is 23.2 Å². The summed E-state index contributed by atoms with van der Waals surface area (Å²) in [7, 11) is 0. The minimum absolute atomic E-state index is 0.254. The zero-order chi connectivity index (χ0) is 15.4. The normalized spacial score (nSPS) is 10.0. The van der Waals surface area contributed by atoms with Crippen LogP contribution in [0.15, 0.2) is 42.5 Å². The van der Waals surface area contributed by atoms with E-state index in [0.29, 0.717) is 27.0 Å². The predicted octanol–water partition coefficient (Wildman–Crippen LogP) is 4.20. The van der Waals surface area contributed by atoms with Crippen molar-refractivity contribution >= 4 is 46.4 Å². The number of hydrogen-bond donors (Lipinski definition) is 2. The van der Waals surface area contributed by atoms with Crippen LogP contribution in [0.5, 0.6) is 0 Å². The summed E-state index contributed by atoms with van der Waals surface area (Å²) in [6.07, 6.45) is 0. The molecule has 2 rings (SSSR count). The van der Waals surface area contributed by atoms with Crippen molar-refractivity contribution in [1.82, 2.24) is 0 Å². The fraction of sp³-hybridized carbons (Fsp3) is 0.0667. The minimum atomic E-state index is -0.386. The molecule has 0 saturated heterocycles. The lowest BCUT2D eigenvalue weighted by Gasteiger charge is -2.11. The molecule has 0 fully saturated rings. The predicted molar refractivity (Wildman–Crippen MR) is 85.2 cm³/mol. The number of benzene rings is 2. The van der Waals surface area contributed by atoms with E-state index in [1.54, 1.807) is 42.5 Å². The van der Waals surface area contributed by atoms with Crippen LogP contribution in [-0.4, -0.2) is 11.8 Å². The average molecular weight is 323 g/mol. The molecule has 0 atom stereocenters. The molecule has 0 unspecified atom stereocenters. The number of amides is 2. The van der Waals surface area contributed by atoms with Gasteiger partial charge in [0.1, 0.15) is 0 Å². The Labute approximate surface area is 132 Å². The van der Waals surface area contributed by atoms with Crippen molar-refractivity contribution in [2.24, 2.45) is 0 Å². The molecule has 0 spiro atoms. The number of carbonyl (C=O) groups is 2. The molecule has 6 heteroatoms. The van der Waals surface area contributed by atoms with Crippen LogP contribution in [-0.2, 0) is 4.79 Å². The van der Waals surface area contributed by atoms with Gasteiger partial charge in [0.2, 0.25) is 5.91 Å². The number of anilines is 2. The van der Waals surface area contributed by atoms with E-state index in [2.05, 4.69) is 10.6 Å². The number of nitrogens with one attached hydrogen (secondary N) is 2. The third kappa shape index (κ3) is 3.97. The van der Waals surface area contributed by atoms with Crippen LogP contribution in [0.1, 0.15) is 17.3 Å². The highest BCUT2D eigenvalue weighted by Crippen LogP contribution is 2.26. The summed E-state index contributed by atoms with van der Waals surface area (Å²) in [6, 6.07) is 11.5. The summed E-state index contributed by atoms with van der Waals surface area (Å²) >= 11 is 11.9. The van der Waals surface area contributed by atoms with Crippen molar-refractivity contribution in [3.8, 4) is 0 Å². The van der Waals surface area contributed by atoms with E-state index < -0.39 is 0 Å². The molecular weight excluding hydrogens is 311 g/mol. The first-order valence-electron chi connectivity index (χ1n) is 6.10. The largest absolute Gasteiger partial charge is 0.326 e. The Bertz CT molecular complexity index is 702. The molecule has 2 amide bonds. The quantitative estimate of drug-likeness (QED) is 0.889. The number of carbonyl (C=O) groups excluding carboxylic acids is 2. The van der Waals surface area contributed by atoms with E-state index in [-0.39, 0.29) is 11.8 Å². The van der Waals surface area contributed by atoms with Gasteiger partial charge in [0.15, 0.2) is 0 Å². The lowest BCUT2D eigenvalue weighted by atomic mass is 10.1. The smallest absolute Gasteiger partial charge is 0.257 e. The molecule has 21 heavy (non-hydrogen) atoms. The van der Waals surface area contributed by atoms with Gasteiger partial charge in [0.25, 0.3) is 5.91 Å². The van der Waals surface area contributed by atoms with Crippen LogP contribution in [0.2, 0.25) is 10.0 Å². The summed E-state index contributed by atoms with van der Waals surface area (Å²) in [5.41, 5.74) is 1.18. The first-order valence-corrected chi connectivity index (χ1v) is 6.86. The van der Waals surface area contributed by atoms with Crippen LogP contribution in [0.3, 0.4) is 0 Å². The van der Waals surface area contributed by atoms with Gasteiger partial charge in [-0.15, -0.1) is 0 Å². The number of rotatable bonds is 3. The summed E-state index contributed by atoms with van der Waals surface area (Å²) in [5, 5.41) is 6.12. The minimum Gasteiger partial charge on any atom is -0.326 e. The highest BCUT2D eigenvalue weighted by atomic mass is 35.5. The summed E-state index contributed by atoms with van der Waals surface area (Å²) < 4.78 is 0. The maximum atomic E-state index is 12.3. The van der Waals surface area contributed by atoms with E-state index >= 15 is 0 Å². The molecule has 0 aliphatic heterocycles. The number of halogens is 2. The molecule has 0 saturated carbocycles. The molecule has 0 aliphatic rings. The summed E-state index contributed by atoms with van der Waals surface area (Å²) in [6.45, 7) is 1.38. The Hall–Kier alpha value is -2.04. The fourth-order valence-corrected chi connectivity index (χ4v) is 2.10. The van der Waals surface area contributed by atoms with Gasteiger partial charge < -0.3 is 10.6 Å². The molecule has 0 bridgehead atoms. The van der Waals surface area contributed by atoms with Gasteiger partial charge in [0.05, 0.1) is 22.0 Å². The molecule has 2 aromatic carbocycles. The second-order valence-electron chi connectivity index (χ2n) is 4.31. The van der Waals surface area contributed by atoms with Gasteiger partial charge in [-0.2, -0.15) is 0 Å². The zero-order valence-electron chi connectivity index (χ0n) is 11.1. The molecule has 0 aromatic heterocycles. The van der Waals surface area contributed by atoms with Crippen molar-refractivity contribution in [3.63, 3.8) is 0 Å². The number of para-hydroxylation sites is 1. The zero-order valence-corrected chi connectivity index (χ0v) is 12.6. The molecule has 108 valence electrons. The van der Waals surface area contributed by atoms with Gasteiger partial charge in [-0.25, -0.2) is 0 Å². The molecule has 2 aromatic rings. The van der Waals surface area contributed by atoms with Crippen molar-refractivity contribution in [3.05, 3.63) is 58.1 Å². The fourth-order valence-electron chi connectivity index (χ4n) is 1.76. The SMILES string of the molecule is CC(=O)Nc1ccccc1C(=O)Nc1cc(Cl)ccc1Cl. The first-order chi connectivity index (χ1) is 9.97. The third-order valence-corrected chi connectivity index (χ3v) is 3.22. The van der Waals surface area contributed by atoms with Gasteiger partial charge in [0, 0.05) is 11.9 Å². The van der Waals surface area contributed by atoms with E-state index in [4.69, 9.17) is 23.2 Å². The average Bonchev–Trinajstić information content (AvgIpc) is 2.42. The van der Waals surface area contributed by atoms with Gasteiger partial charge in [-0.1, -0.05) is 35.3 Å². The third-order valence-electron chi connectivity index (χ3n) is 2.66.